The standard InChI is InChI=1S/C17H29N3O/c1-6-7-18-9-16-12(2)8-13(3)19-17(16)20-10-14(4)21-15(5)11-20/h8,14-15,18H,6-7,9-11H2,1-5H3/t14-,15+. The molecule has 1 aliphatic heterocycles. The number of ether oxygens (including phenoxy) is 1. The molecule has 0 radical (unpaired) electrons. The minimum Gasteiger partial charge on any atom is -0.372 e. The summed E-state index contributed by atoms with van der Waals surface area (Å²) in [6.45, 7) is 14.5. The van der Waals surface area contributed by atoms with Crippen molar-refractivity contribution < 1.29 is 4.74 Å². The number of hydrogen-bond donors (Lipinski definition) is 1. The number of anilines is 1. The van der Waals surface area contributed by atoms with E-state index in [2.05, 4.69) is 50.9 Å². The van der Waals surface area contributed by atoms with Crippen molar-refractivity contribution in [3.8, 4) is 0 Å². The van der Waals surface area contributed by atoms with Gasteiger partial charge in [-0.1, -0.05) is 6.92 Å². The van der Waals surface area contributed by atoms with Gasteiger partial charge in [-0.3, -0.25) is 0 Å². The lowest BCUT2D eigenvalue weighted by Crippen LogP contribution is -2.46. The van der Waals surface area contributed by atoms with E-state index < -0.39 is 0 Å². The summed E-state index contributed by atoms with van der Waals surface area (Å²) in [7, 11) is 0. The number of nitrogens with zero attached hydrogens (tertiary/aromatic N) is 2. The number of aromatic nitrogens is 1. The second-order valence-electron chi connectivity index (χ2n) is 6.22. The van der Waals surface area contributed by atoms with Gasteiger partial charge in [0.1, 0.15) is 5.82 Å². The topological polar surface area (TPSA) is 37.4 Å². The molecular weight excluding hydrogens is 262 g/mol. The predicted octanol–water partition coefficient (Wildman–Crippen LogP) is 2.81. The van der Waals surface area contributed by atoms with Crippen LogP contribution in [-0.2, 0) is 11.3 Å². The Morgan fingerprint density at radius 2 is 1.95 bits per heavy atom. The Hall–Kier alpha value is -1.13. The van der Waals surface area contributed by atoms with Crippen molar-refractivity contribution in [1.29, 1.82) is 0 Å². The summed E-state index contributed by atoms with van der Waals surface area (Å²) in [5, 5.41) is 3.52. The zero-order valence-corrected chi connectivity index (χ0v) is 14.1. The van der Waals surface area contributed by atoms with Gasteiger partial charge in [0, 0.05) is 30.9 Å². The maximum Gasteiger partial charge on any atom is 0.133 e. The first-order valence-corrected chi connectivity index (χ1v) is 8.09. The number of aryl methyl sites for hydroxylation is 2. The Kier molecular flexibility index (Phi) is 5.59. The van der Waals surface area contributed by atoms with Crippen molar-refractivity contribution >= 4 is 5.82 Å². The SMILES string of the molecule is CCCNCc1c(C)cc(C)nc1N1C[C@@H](C)O[C@@H](C)C1. The molecule has 0 saturated carbocycles. The molecule has 0 spiro atoms. The molecule has 0 bridgehead atoms. The van der Waals surface area contributed by atoms with Crippen LogP contribution in [0.1, 0.15) is 44.0 Å². The Labute approximate surface area is 128 Å². The second kappa shape index (κ2) is 7.23. The van der Waals surface area contributed by atoms with Crippen molar-refractivity contribution in [2.45, 2.75) is 59.8 Å². The summed E-state index contributed by atoms with van der Waals surface area (Å²) >= 11 is 0. The normalized spacial score (nSPS) is 22.6. The van der Waals surface area contributed by atoms with Gasteiger partial charge in [0.25, 0.3) is 0 Å². The van der Waals surface area contributed by atoms with Crippen LogP contribution in [0.3, 0.4) is 0 Å². The third-order valence-electron chi connectivity index (χ3n) is 3.90. The highest BCUT2D eigenvalue weighted by Crippen LogP contribution is 2.25. The molecule has 0 aliphatic carbocycles. The molecule has 118 valence electrons. The van der Waals surface area contributed by atoms with Crippen LogP contribution in [0, 0.1) is 13.8 Å². The van der Waals surface area contributed by atoms with Gasteiger partial charge in [-0.15, -0.1) is 0 Å². The molecule has 0 amide bonds. The molecule has 2 rings (SSSR count). The van der Waals surface area contributed by atoms with E-state index >= 15 is 0 Å². The molecule has 1 aromatic rings. The number of morpholine rings is 1. The molecule has 1 fully saturated rings. The predicted molar refractivity (Wildman–Crippen MR) is 87.9 cm³/mol. The highest BCUT2D eigenvalue weighted by atomic mass is 16.5. The van der Waals surface area contributed by atoms with Crippen molar-refractivity contribution in [3.05, 3.63) is 22.9 Å². The summed E-state index contributed by atoms with van der Waals surface area (Å²) in [6, 6.07) is 2.18. The lowest BCUT2D eigenvalue weighted by molar-refractivity contribution is -0.00552. The molecule has 1 saturated heterocycles. The van der Waals surface area contributed by atoms with Gasteiger partial charge in [0.05, 0.1) is 12.2 Å². The number of nitrogens with one attached hydrogen (secondary N) is 1. The first-order valence-electron chi connectivity index (χ1n) is 8.09. The van der Waals surface area contributed by atoms with Crippen molar-refractivity contribution in [1.82, 2.24) is 10.3 Å². The third-order valence-corrected chi connectivity index (χ3v) is 3.90. The first-order chi connectivity index (χ1) is 10.0. The number of rotatable bonds is 5. The van der Waals surface area contributed by atoms with Crippen LogP contribution in [0.15, 0.2) is 6.07 Å². The Bertz CT molecular complexity index is 465. The fourth-order valence-electron chi connectivity index (χ4n) is 3.06. The quantitative estimate of drug-likeness (QED) is 0.847. The Morgan fingerprint density at radius 1 is 1.29 bits per heavy atom. The molecule has 0 unspecified atom stereocenters. The zero-order valence-electron chi connectivity index (χ0n) is 14.1. The van der Waals surface area contributed by atoms with Crippen molar-refractivity contribution in [3.63, 3.8) is 0 Å². The van der Waals surface area contributed by atoms with Gasteiger partial charge in [0.15, 0.2) is 0 Å². The molecule has 1 aromatic heterocycles. The molecule has 4 heteroatoms. The first kappa shape index (κ1) is 16.2. The maximum atomic E-state index is 5.85. The lowest BCUT2D eigenvalue weighted by Gasteiger charge is -2.37. The van der Waals surface area contributed by atoms with Gasteiger partial charge >= 0.3 is 0 Å². The summed E-state index contributed by atoms with van der Waals surface area (Å²) in [4.78, 5) is 7.23. The van der Waals surface area contributed by atoms with E-state index in [4.69, 9.17) is 9.72 Å². The Balaban J connectivity index is 2.27. The van der Waals surface area contributed by atoms with Crippen LogP contribution in [0.25, 0.3) is 0 Å². The smallest absolute Gasteiger partial charge is 0.133 e. The van der Waals surface area contributed by atoms with Gasteiger partial charge in [-0.25, -0.2) is 4.98 Å². The van der Waals surface area contributed by atoms with E-state index in [1.807, 2.05) is 0 Å². The minimum atomic E-state index is 0.257. The van der Waals surface area contributed by atoms with Crippen LogP contribution in [-0.4, -0.2) is 36.8 Å². The molecule has 21 heavy (non-hydrogen) atoms. The average Bonchev–Trinajstić information content (AvgIpc) is 2.39. The van der Waals surface area contributed by atoms with Crippen LogP contribution >= 0.6 is 0 Å². The van der Waals surface area contributed by atoms with E-state index in [-0.39, 0.29) is 12.2 Å². The lowest BCUT2D eigenvalue weighted by atomic mass is 10.1. The molecule has 2 atom stereocenters. The monoisotopic (exact) mass is 291 g/mol. The minimum absolute atomic E-state index is 0.257. The van der Waals surface area contributed by atoms with Crippen LogP contribution < -0.4 is 10.2 Å². The fourth-order valence-corrected chi connectivity index (χ4v) is 3.06. The van der Waals surface area contributed by atoms with Gasteiger partial charge in [-0.05, 0) is 52.3 Å². The Morgan fingerprint density at radius 3 is 2.57 bits per heavy atom. The van der Waals surface area contributed by atoms with Crippen LogP contribution in [0.4, 0.5) is 5.82 Å². The summed E-state index contributed by atoms with van der Waals surface area (Å²) in [5.74, 6) is 1.14. The number of pyridine rings is 1. The average molecular weight is 291 g/mol. The maximum absolute atomic E-state index is 5.85. The molecular formula is C17H29N3O. The van der Waals surface area contributed by atoms with E-state index in [0.717, 1.165) is 44.1 Å². The highest BCUT2D eigenvalue weighted by molar-refractivity contribution is 5.52. The fraction of sp³-hybridized carbons (Fsp3) is 0.706. The summed E-state index contributed by atoms with van der Waals surface area (Å²) < 4.78 is 5.85. The van der Waals surface area contributed by atoms with Crippen LogP contribution in [0.2, 0.25) is 0 Å². The largest absolute Gasteiger partial charge is 0.372 e. The summed E-state index contributed by atoms with van der Waals surface area (Å²) in [6.07, 6.45) is 1.67. The van der Waals surface area contributed by atoms with Gasteiger partial charge < -0.3 is 15.0 Å². The molecule has 2 heterocycles. The zero-order chi connectivity index (χ0) is 15.4. The van der Waals surface area contributed by atoms with Gasteiger partial charge in [-0.2, -0.15) is 0 Å². The second-order valence-corrected chi connectivity index (χ2v) is 6.22. The molecule has 4 nitrogen and oxygen atoms in total. The third kappa shape index (κ3) is 4.17. The van der Waals surface area contributed by atoms with E-state index in [0.29, 0.717) is 0 Å². The molecule has 1 N–H and O–H groups in total. The van der Waals surface area contributed by atoms with Gasteiger partial charge in [0.2, 0.25) is 0 Å². The molecule has 1 aliphatic rings. The van der Waals surface area contributed by atoms with Crippen molar-refractivity contribution in [2.24, 2.45) is 0 Å². The molecule has 0 aromatic carbocycles. The highest BCUT2D eigenvalue weighted by Gasteiger charge is 2.25. The van der Waals surface area contributed by atoms with E-state index in [9.17, 15) is 0 Å². The summed E-state index contributed by atoms with van der Waals surface area (Å²) in [5.41, 5.74) is 3.75. The van der Waals surface area contributed by atoms with Crippen molar-refractivity contribution in [2.75, 3.05) is 24.5 Å². The number of hydrogen-bond acceptors (Lipinski definition) is 4. The van der Waals surface area contributed by atoms with E-state index in [1.54, 1.807) is 0 Å². The van der Waals surface area contributed by atoms with Crippen LogP contribution in [0.5, 0.6) is 0 Å². The van der Waals surface area contributed by atoms with E-state index in [1.165, 1.54) is 11.1 Å².